The minimum absolute atomic E-state index is 0.0241. The second kappa shape index (κ2) is 9.26. The van der Waals surface area contributed by atoms with Crippen LogP contribution in [0.2, 0.25) is 0 Å². The first-order valence-corrected chi connectivity index (χ1v) is 10.2. The van der Waals surface area contributed by atoms with Crippen LogP contribution in [0.25, 0.3) is 0 Å². The van der Waals surface area contributed by atoms with E-state index in [0.717, 1.165) is 11.6 Å². The summed E-state index contributed by atoms with van der Waals surface area (Å²) in [5, 5.41) is 0. The Morgan fingerprint density at radius 3 is 2.52 bits per heavy atom. The lowest BCUT2D eigenvalue weighted by Crippen LogP contribution is -2.24. The van der Waals surface area contributed by atoms with Crippen molar-refractivity contribution < 1.29 is 22.4 Å². The number of benzene rings is 2. The fraction of sp³-hybridized carbons (Fsp3) is 0.100. The molecule has 0 spiro atoms. The molecule has 7 nitrogen and oxygen atoms in total. The van der Waals surface area contributed by atoms with Crippen LogP contribution in [-0.4, -0.2) is 19.3 Å². The fourth-order valence-corrected chi connectivity index (χ4v) is 3.67. The quantitative estimate of drug-likeness (QED) is 0.551. The molecule has 0 saturated carbocycles. The molecule has 29 heavy (non-hydrogen) atoms. The van der Waals surface area contributed by atoms with E-state index in [-0.39, 0.29) is 18.0 Å². The molecule has 3 rings (SSSR count). The molecule has 0 radical (unpaired) electrons. The van der Waals surface area contributed by atoms with E-state index in [1.807, 2.05) is 30.3 Å². The van der Waals surface area contributed by atoms with Crippen LogP contribution in [0.5, 0.6) is 0 Å². The molecule has 1 heterocycles. The number of amides is 1. The van der Waals surface area contributed by atoms with E-state index >= 15 is 0 Å². The first-order chi connectivity index (χ1) is 13.9. The summed E-state index contributed by atoms with van der Waals surface area (Å²) in [4.78, 5) is 21.2. The smallest absolute Gasteiger partial charge is 0.283 e. The Hall–Kier alpha value is -3.30. The molecule has 0 atom stereocenters. The summed E-state index contributed by atoms with van der Waals surface area (Å²) in [7, 11) is -3.81. The number of aromatic nitrogens is 1. The second-order valence-corrected chi connectivity index (χ2v) is 7.85. The number of halogens is 1. The summed E-state index contributed by atoms with van der Waals surface area (Å²) in [5.41, 5.74) is 3.58. The third-order valence-corrected chi connectivity index (χ3v) is 5.02. The van der Waals surface area contributed by atoms with Gasteiger partial charge in [0.2, 0.25) is 10.0 Å². The summed E-state index contributed by atoms with van der Waals surface area (Å²) in [6.07, 6.45) is 1.30. The molecule has 0 aliphatic carbocycles. The van der Waals surface area contributed by atoms with Crippen LogP contribution in [0.3, 0.4) is 0 Å². The molecule has 3 aromatic rings. The number of rotatable bonds is 8. The number of anilines is 1. The number of carbonyl (C=O) groups is 1. The van der Waals surface area contributed by atoms with Crippen molar-refractivity contribution in [2.45, 2.75) is 12.4 Å². The van der Waals surface area contributed by atoms with Gasteiger partial charge in [0.05, 0.1) is 18.0 Å². The topological polar surface area (TPSA) is 97.4 Å². The predicted molar refractivity (Wildman–Crippen MR) is 106 cm³/mol. The summed E-state index contributed by atoms with van der Waals surface area (Å²) in [6.45, 7) is 0.173. The normalized spacial score (nSPS) is 11.1. The van der Waals surface area contributed by atoms with E-state index in [2.05, 4.69) is 15.2 Å². The van der Waals surface area contributed by atoms with Crippen molar-refractivity contribution in [2.75, 3.05) is 4.72 Å². The molecular weight excluding hydrogens is 397 g/mol. The summed E-state index contributed by atoms with van der Waals surface area (Å²) in [6, 6.07) is 17.3. The molecule has 0 aliphatic rings. The van der Waals surface area contributed by atoms with Crippen LogP contribution in [0.15, 0.2) is 72.9 Å². The molecule has 0 saturated heterocycles. The average Bonchev–Trinajstić information content (AvgIpc) is 2.68. The average molecular weight is 415 g/mol. The van der Waals surface area contributed by atoms with Crippen molar-refractivity contribution >= 4 is 21.6 Å². The lowest BCUT2D eigenvalue weighted by Gasteiger charge is -2.10. The largest absolute Gasteiger partial charge is 0.293 e. The van der Waals surface area contributed by atoms with Crippen LogP contribution < -0.4 is 10.2 Å². The Bertz CT molecular complexity index is 1090. The van der Waals surface area contributed by atoms with Gasteiger partial charge in [0.25, 0.3) is 5.91 Å². The van der Waals surface area contributed by atoms with Crippen molar-refractivity contribution in [2.24, 2.45) is 0 Å². The van der Waals surface area contributed by atoms with Crippen molar-refractivity contribution in [1.82, 2.24) is 10.5 Å². The molecule has 2 aromatic carbocycles. The molecule has 0 bridgehead atoms. The Morgan fingerprint density at radius 1 is 1.00 bits per heavy atom. The van der Waals surface area contributed by atoms with Gasteiger partial charge in [0.1, 0.15) is 11.5 Å². The van der Waals surface area contributed by atoms with Gasteiger partial charge in [-0.3, -0.25) is 19.3 Å². The lowest BCUT2D eigenvalue weighted by atomic mass is 10.2. The van der Waals surface area contributed by atoms with Crippen molar-refractivity contribution in [1.29, 1.82) is 0 Å². The standard InChI is InChI=1S/C20H18FN3O4S/c21-17-8-4-7-16(11-17)14-29(26,27)24-18-9-10-22-19(12-18)20(25)23-28-13-15-5-2-1-3-6-15/h1-12H,13-14H2,(H,22,24)(H,23,25). The first-order valence-electron chi connectivity index (χ1n) is 8.58. The van der Waals surface area contributed by atoms with E-state index in [4.69, 9.17) is 4.84 Å². The lowest BCUT2D eigenvalue weighted by molar-refractivity contribution is 0.0229. The SMILES string of the molecule is O=C(NOCc1ccccc1)c1cc(NS(=O)(=O)Cc2cccc(F)c2)ccn1. The van der Waals surface area contributed by atoms with Gasteiger partial charge in [-0.25, -0.2) is 18.3 Å². The van der Waals surface area contributed by atoms with Gasteiger partial charge in [-0.1, -0.05) is 42.5 Å². The minimum atomic E-state index is -3.81. The zero-order valence-electron chi connectivity index (χ0n) is 15.2. The summed E-state index contributed by atoms with van der Waals surface area (Å²) in [5.74, 6) is -1.54. The van der Waals surface area contributed by atoms with Gasteiger partial charge in [0.15, 0.2) is 0 Å². The van der Waals surface area contributed by atoms with Gasteiger partial charge in [-0.2, -0.15) is 0 Å². The van der Waals surface area contributed by atoms with Crippen LogP contribution in [-0.2, 0) is 27.2 Å². The molecular formula is C20H18FN3O4S. The maximum Gasteiger partial charge on any atom is 0.293 e. The van der Waals surface area contributed by atoms with E-state index in [0.29, 0.717) is 5.56 Å². The number of nitrogens with one attached hydrogen (secondary N) is 2. The van der Waals surface area contributed by atoms with Crippen LogP contribution >= 0.6 is 0 Å². The van der Waals surface area contributed by atoms with Crippen molar-refractivity contribution in [3.63, 3.8) is 0 Å². The number of sulfonamides is 1. The van der Waals surface area contributed by atoms with Gasteiger partial charge >= 0.3 is 0 Å². The second-order valence-electron chi connectivity index (χ2n) is 6.13. The number of pyridine rings is 1. The molecule has 9 heteroatoms. The van der Waals surface area contributed by atoms with Crippen LogP contribution in [0.1, 0.15) is 21.6 Å². The molecule has 2 N–H and O–H groups in total. The van der Waals surface area contributed by atoms with E-state index in [1.165, 1.54) is 36.5 Å². The first kappa shape index (κ1) is 20.4. The van der Waals surface area contributed by atoms with Gasteiger partial charge < -0.3 is 0 Å². The van der Waals surface area contributed by atoms with E-state index in [9.17, 15) is 17.6 Å². The third-order valence-electron chi connectivity index (χ3n) is 3.76. The Morgan fingerprint density at radius 2 is 1.76 bits per heavy atom. The molecule has 1 amide bonds. The molecule has 1 aromatic heterocycles. The molecule has 0 unspecified atom stereocenters. The summed E-state index contributed by atoms with van der Waals surface area (Å²) < 4.78 is 40.2. The van der Waals surface area contributed by atoms with E-state index < -0.39 is 27.5 Å². The van der Waals surface area contributed by atoms with Gasteiger partial charge in [0, 0.05) is 6.20 Å². The third kappa shape index (κ3) is 6.37. The van der Waals surface area contributed by atoms with E-state index in [1.54, 1.807) is 0 Å². The van der Waals surface area contributed by atoms with Gasteiger partial charge in [-0.15, -0.1) is 0 Å². The Labute approximate surface area is 167 Å². The predicted octanol–water partition coefficient (Wildman–Crippen LogP) is 3.02. The number of hydrogen-bond donors (Lipinski definition) is 2. The van der Waals surface area contributed by atoms with Crippen molar-refractivity contribution in [3.05, 3.63) is 95.6 Å². The van der Waals surface area contributed by atoms with Crippen LogP contribution in [0.4, 0.5) is 10.1 Å². The maximum absolute atomic E-state index is 13.2. The molecule has 150 valence electrons. The molecule has 0 aliphatic heterocycles. The zero-order chi connectivity index (χ0) is 20.7. The highest BCUT2D eigenvalue weighted by atomic mass is 32.2. The number of nitrogens with zero attached hydrogens (tertiary/aromatic N) is 1. The summed E-state index contributed by atoms with van der Waals surface area (Å²) >= 11 is 0. The highest BCUT2D eigenvalue weighted by Gasteiger charge is 2.14. The number of hydroxylamine groups is 1. The number of carbonyl (C=O) groups excluding carboxylic acids is 1. The Kier molecular flexibility index (Phi) is 6.53. The van der Waals surface area contributed by atoms with Crippen LogP contribution in [0, 0.1) is 5.82 Å². The zero-order valence-corrected chi connectivity index (χ0v) is 16.0. The minimum Gasteiger partial charge on any atom is -0.283 e. The Balaban J connectivity index is 1.60. The maximum atomic E-state index is 13.2. The highest BCUT2D eigenvalue weighted by Crippen LogP contribution is 2.14. The van der Waals surface area contributed by atoms with Crippen molar-refractivity contribution in [3.8, 4) is 0 Å². The fourth-order valence-electron chi connectivity index (χ4n) is 2.49. The number of hydrogen-bond acceptors (Lipinski definition) is 5. The highest BCUT2D eigenvalue weighted by molar-refractivity contribution is 7.91. The van der Waals surface area contributed by atoms with Gasteiger partial charge in [-0.05, 0) is 35.4 Å². The molecule has 0 fully saturated rings. The monoisotopic (exact) mass is 415 g/mol.